The zero-order valence-electron chi connectivity index (χ0n) is 9.24. The highest BCUT2D eigenvalue weighted by atomic mass is 32.2. The van der Waals surface area contributed by atoms with Crippen molar-refractivity contribution in [1.29, 1.82) is 0 Å². The standard InChI is InChI=1S/C10H13F2NO3S/c1-16-9-5-8(12)10(6-7(9)11)17(14,15)4-2-3-13/h5-6H,2-4,13H2,1H3. The SMILES string of the molecule is COc1cc(F)c(S(=O)(=O)CCCN)cc1F. The average molecular weight is 265 g/mol. The van der Waals surface area contributed by atoms with Crippen molar-refractivity contribution in [2.75, 3.05) is 19.4 Å². The third-order valence-electron chi connectivity index (χ3n) is 2.16. The predicted molar refractivity (Wildman–Crippen MR) is 58.6 cm³/mol. The molecule has 0 saturated carbocycles. The lowest BCUT2D eigenvalue weighted by atomic mass is 10.3. The summed E-state index contributed by atoms with van der Waals surface area (Å²) < 4.78 is 54.7. The molecule has 0 unspecified atom stereocenters. The normalized spacial score (nSPS) is 11.5. The fraction of sp³-hybridized carbons (Fsp3) is 0.400. The Bertz CT molecular complexity index is 503. The zero-order valence-corrected chi connectivity index (χ0v) is 10.1. The van der Waals surface area contributed by atoms with Gasteiger partial charge in [-0.2, -0.15) is 0 Å². The van der Waals surface area contributed by atoms with Crippen LogP contribution < -0.4 is 10.5 Å². The average Bonchev–Trinajstić information content (AvgIpc) is 2.28. The lowest BCUT2D eigenvalue weighted by Crippen LogP contribution is -2.13. The van der Waals surface area contributed by atoms with E-state index in [1.165, 1.54) is 7.11 Å². The van der Waals surface area contributed by atoms with Gasteiger partial charge in [0.25, 0.3) is 0 Å². The number of benzene rings is 1. The molecule has 0 spiro atoms. The van der Waals surface area contributed by atoms with Gasteiger partial charge in [-0.15, -0.1) is 0 Å². The smallest absolute Gasteiger partial charge is 0.181 e. The monoisotopic (exact) mass is 265 g/mol. The molecular formula is C10H13F2NO3S. The second kappa shape index (κ2) is 5.42. The maximum absolute atomic E-state index is 13.5. The van der Waals surface area contributed by atoms with Gasteiger partial charge in [0.1, 0.15) is 10.7 Å². The minimum absolute atomic E-state index is 0.166. The molecule has 0 aromatic heterocycles. The second-order valence-corrected chi connectivity index (χ2v) is 5.46. The van der Waals surface area contributed by atoms with Gasteiger partial charge in [0, 0.05) is 6.07 Å². The molecule has 0 heterocycles. The highest BCUT2D eigenvalue weighted by Gasteiger charge is 2.21. The third-order valence-corrected chi connectivity index (χ3v) is 3.97. The number of sulfone groups is 1. The molecule has 0 amide bonds. The first kappa shape index (κ1) is 13.9. The van der Waals surface area contributed by atoms with Gasteiger partial charge >= 0.3 is 0 Å². The van der Waals surface area contributed by atoms with Crippen LogP contribution in [0.15, 0.2) is 17.0 Å². The van der Waals surface area contributed by atoms with E-state index >= 15 is 0 Å². The molecule has 2 N–H and O–H groups in total. The van der Waals surface area contributed by atoms with Gasteiger partial charge in [-0.05, 0) is 19.0 Å². The molecule has 0 fully saturated rings. The summed E-state index contributed by atoms with van der Waals surface area (Å²) in [7, 11) is -2.68. The number of halogens is 2. The zero-order chi connectivity index (χ0) is 13.1. The van der Waals surface area contributed by atoms with E-state index < -0.39 is 26.4 Å². The number of hydrogen-bond donors (Lipinski definition) is 1. The van der Waals surface area contributed by atoms with Crippen molar-refractivity contribution >= 4 is 9.84 Å². The molecule has 0 aliphatic rings. The van der Waals surface area contributed by atoms with E-state index in [2.05, 4.69) is 4.74 Å². The van der Waals surface area contributed by atoms with Crippen LogP contribution in [-0.2, 0) is 9.84 Å². The molecule has 1 rings (SSSR count). The van der Waals surface area contributed by atoms with Crippen molar-refractivity contribution in [1.82, 2.24) is 0 Å². The summed E-state index contributed by atoms with van der Waals surface area (Å²) in [4.78, 5) is -0.663. The lowest BCUT2D eigenvalue weighted by Gasteiger charge is -2.07. The van der Waals surface area contributed by atoms with Crippen molar-refractivity contribution in [3.05, 3.63) is 23.8 Å². The fourth-order valence-electron chi connectivity index (χ4n) is 1.29. The van der Waals surface area contributed by atoms with E-state index in [9.17, 15) is 17.2 Å². The Morgan fingerprint density at radius 3 is 2.47 bits per heavy atom. The van der Waals surface area contributed by atoms with Gasteiger partial charge in [0.2, 0.25) is 0 Å². The van der Waals surface area contributed by atoms with Gasteiger partial charge in [-0.1, -0.05) is 0 Å². The van der Waals surface area contributed by atoms with Crippen molar-refractivity contribution in [2.24, 2.45) is 5.73 Å². The van der Waals surface area contributed by atoms with Crippen molar-refractivity contribution in [3.8, 4) is 5.75 Å². The molecule has 0 radical (unpaired) electrons. The van der Waals surface area contributed by atoms with E-state index in [0.717, 1.165) is 0 Å². The third kappa shape index (κ3) is 3.13. The van der Waals surface area contributed by atoms with Gasteiger partial charge in [0.15, 0.2) is 21.4 Å². The molecule has 0 atom stereocenters. The van der Waals surface area contributed by atoms with Crippen LogP contribution in [0.1, 0.15) is 6.42 Å². The number of ether oxygens (including phenoxy) is 1. The second-order valence-electron chi connectivity index (χ2n) is 3.38. The van der Waals surface area contributed by atoms with Gasteiger partial charge in [0.05, 0.1) is 12.9 Å². The summed E-state index contributed by atoms with van der Waals surface area (Å²) in [5, 5.41) is 0. The Hall–Kier alpha value is -1.21. The maximum atomic E-state index is 13.5. The maximum Gasteiger partial charge on any atom is 0.181 e. The number of nitrogens with two attached hydrogens (primary N) is 1. The summed E-state index contributed by atoms with van der Waals surface area (Å²) in [5.41, 5.74) is 5.18. The van der Waals surface area contributed by atoms with Gasteiger partial charge in [-0.3, -0.25) is 0 Å². The molecule has 96 valence electrons. The van der Waals surface area contributed by atoms with Gasteiger partial charge < -0.3 is 10.5 Å². The van der Waals surface area contributed by atoms with Crippen LogP contribution in [0.5, 0.6) is 5.75 Å². The molecule has 1 aromatic rings. The molecular weight excluding hydrogens is 252 g/mol. The summed E-state index contributed by atoms with van der Waals surface area (Å²) in [6.07, 6.45) is 0.190. The summed E-state index contributed by atoms with van der Waals surface area (Å²) >= 11 is 0. The molecule has 1 aromatic carbocycles. The molecule has 0 aliphatic carbocycles. The molecule has 0 bridgehead atoms. The largest absolute Gasteiger partial charge is 0.494 e. The van der Waals surface area contributed by atoms with E-state index in [-0.39, 0.29) is 24.5 Å². The molecule has 0 aliphatic heterocycles. The molecule has 0 saturated heterocycles. The van der Waals surface area contributed by atoms with E-state index in [0.29, 0.717) is 12.1 Å². The van der Waals surface area contributed by atoms with Gasteiger partial charge in [-0.25, -0.2) is 17.2 Å². The van der Waals surface area contributed by atoms with Crippen LogP contribution in [0.4, 0.5) is 8.78 Å². The minimum Gasteiger partial charge on any atom is -0.494 e. The van der Waals surface area contributed by atoms with Crippen LogP contribution in [0.2, 0.25) is 0 Å². The number of rotatable bonds is 5. The van der Waals surface area contributed by atoms with Crippen molar-refractivity contribution in [2.45, 2.75) is 11.3 Å². The summed E-state index contributed by atoms with van der Waals surface area (Å²) in [6.45, 7) is 0.166. The quantitative estimate of drug-likeness (QED) is 0.865. The van der Waals surface area contributed by atoms with E-state index in [1.54, 1.807) is 0 Å². The fourth-order valence-corrected chi connectivity index (χ4v) is 2.69. The number of methoxy groups -OCH3 is 1. The van der Waals surface area contributed by atoms with Crippen LogP contribution in [0.3, 0.4) is 0 Å². The Morgan fingerprint density at radius 2 is 1.94 bits per heavy atom. The lowest BCUT2D eigenvalue weighted by molar-refractivity contribution is 0.380. The Balaban J connectivity index is 3.19. The topological polar surface area (TPSA) is 69.4 Å². The predicted octanol–water partition coefficient (Wildman–Crippen LogP) is 1.10. The van der Waals surface area contributed by atoms with Crippen LogP contribution in [0, 0.1) is 11.6 Å². The Morgan fingerprint density at radius 1 is 1.29 bits per heavy atom. The highest BCUT2D eigenvalue weighted by Crippen LogP contribution is 2.25. The Labute approximate surface area is 98.3 Å². The van der Waals surface area contributed by atoms with Crippen molar-refractivity contribution in [3.63, 3.8) is 0 Å². The highest BCUT2D eigenvalue weighted by molar-refractivity contribution is 7.91. The van der Waals surface area contributed by atoms with Crippen LogP contribution >= 0.6 is 0 Å². The van der Waals surface area contributed by atoms with Crippen LogP contribution in [0.25, 0.3) is 0 Å². The molecule has 17 heavy (non-hydrogen) atoms. The first-order chi connectivity index (χ1) is 7.92. The summed E-state index contributed by atoms with van der Waals surface area (Å²) in [5.74, 6) is -2.59. The molecule has 4 nitrogen and oxygen atoms in total. The van der Waals surface area contributed by atoms with Crippen LogP contribution in [-0.4, -0.2) is 27.8 Å². The first-order valence-corrected chi connectivity index (χ1v) is 6.53. The minimum atomic E-state index is -3.85. The first-order valence-electron chi connectivity index (χ1n) is 4.88. The Kier molecular flexibility index (Phi) is 4.41. The molecule has 7 heteroatoms. The van der Waals surface area contributed by atoms with Crippen molar-refractivity contribution < 1.29 is 21.9 Å². The summed E-state index contributed by atoms with van der Waals surface area (Å²) in [6, 6.07) is 1.34. The van der Waals surface area contributed by atoms with E-state index in [4.69, 9.17) is 5.73 Å². The number of hydrogen-bond acceptors (Lipinski definition) is 4. The van der Waals surface area contributed by atoms with E-state index in [1.807, 2.05) is 0 Å².